The second-order valence-corrected chi connectivity index (χ2v) is 8.05. The number of nitrogens with zero attached hydrogens (tertiary/aromatic N) is 2. The van der Waals surface area contributed by atoms with Crippen molar-refractivity contribution in [3.05, 3.63) is 105 Å². The van der Waals surface area contributed by atoms with Crippen molar-refractivity contribution >= 4 is 56.9 Å². The van der Waals surface area contributed by atoms with E-state index in [0.717, 1.165) is 10.5 Å². The van der Waals surface area contributed by atoms with E-state index in [2.05, 4.69) is 5.32 Å². The highest BCUT2D eigenvalue weighted by molar-refractivity contribution is 6.37. The number of carbonyl (C=O) groups excluding carboxylic acids is 2. The van der Waals surface area contributed by atoms with Crippen molar-refractivity contribution in [2.45, 2.75) is 6.92 Å². The molecule has 4 aromatic carbocycles. The van der Waals surface area contributed by atoms with Crippen LogP contribution >= 0.6 is 11.6 Å². The molecule has 0 saturated carbocycles. The molecule has 0 aromatic heterocycles. The van der Waals surface area contributed by atoms with E-state index in [0.29, 0.717) is 32.7 Å². The molecule has 0 spiro atoms. The van der Waals surface area contributed by atoms with E-state index in [-0.39, 0.29) is 16.9 Å². The van der Waals surface area contributed by atoms with Crippen LogP contribution in [-0.4, -0.2) is 16.7 Å². The number of para-hydroxylation sites is 2. The minimum absolute atomic E-state index is 0.0971. The number of carbonyl (C=O) groups is 2. The van der Waals surface area contributed by atoms with Crippen molar-refractivity contribution in [3.8, 4) is 0 Å². The number of anilines is 3. The maximum Gasteiger partial charge on any atom is 0.294 e. The van der Waals surface area contributed by atoms with Gasteiger partial charge in [0.1, 0.15) is 5.69 Å². The molecule has 1 heterocycles. The molecule has 0 atom stereocenters. The lowest BCUT2D eigenvalue weighted by Crippen LogP contribution is -2.41. The van der Waals surface area contributed by atoms with Crippen LogP contribution in [0.5, 0.6) is 0 Å². The molecule has 0 bridgehead atoms. The normalized spacial score (nSPS) is 12.8. The van der Waals surface area contributed by atoms with Crippen LogP contribution in [0.2, 0.25) is 5.02 Å². The third-order valence-corrected chi connectivity index (χ3v) is 6.02. The number of hydrogen-bond donors (Lipinski definition) is 1. The van der Waals surface area contributed by atoms with Crippen molar-refractivity contribution in [3.63, 3.8) is 0 Å². The first-order valence-electron chi connectivity index (χ1n) is 10.1. The Bertz CT molecular complexity index is 1500. The molecule has 4 aromatic rings. The summed E-state index contributed by atoms with van der Waals surface area (Å²) >= 11 is 6.26. The van der Waals surface area contributed by atoms with E-state index in [4.69, 9.17) is 11.6 Å². The third-order valence-electron chi connectivity index (χ3n) is 5.69. The van der Waals surface area contributed by atoms with Crippen molar-refractivity contribution in [1.82, 2.24) is 0 Å². The van der Waals surface area contributed by atoms with E-state index in [1.54, 1.807) is 67.6 Å². The lowest BCUT2D eigenvalue weighted by molar-refractivity contribution is -0.383. The number of amides is 2. The fraction of sp³-hybridized carbons (Fsp3) is 0.0400. The van der Waals surface area contributed by atoms with Crippen LogP contribution in [0.25, 0.3) is 10.8 Å². The third kappa shape index (κ3) is 3.21. The van der Waals surface area contributed by atoms with Gasteiger partial charge >= 0.3 is 0 Å². The van der Waals surface area contributed by atoms with Crippen LogP contribution in [0, 0.1) is 17.0 Å². The summed E-state index contributed by atoms with van der Waals surface area (Å²) in [6.45, 7) is 1.80. The first-order chi connectivity index (χ1) is 15.9. The van der Waals surface area contributed by atoms with Crippen LogP contribution in [0.3, 0.4) is 0 Å². The molecule has 8 heteroatoms. The predicted octanol–water partition coefficient (Wildman–Crippen LogP) is 6.25. The zero-order valence-electron chi connectivity index (χ0n) is 17.3. The number of nitro groups is 1. The van der Waals surface area contributed by atoms with Gasteiger partial charge in [-0.1, -0.05) is 54.1 Å². The number of benzene rings is 4. The zero-order valence-corrected chi connectivity index (χ0v) is 18.1. The van der Waals surface area contributed by atoms with Gasteiger partial charge in [-0.05, 0) is 36.8 Å². The highest BCUT2D eigenvalue weighted by Crippen LogP contribution is 2.43. The smallest absolute Gasteiger partial charge is 0.294 e. The van der Waals surface area contributed by atoms with Gasteiger partial charge in [-0.2, -0.15) is 0 Å². The molecule has 1 aliphatic heterocycles. The van der Waals surface area contributed by atoms with Crippen LogP contribution in [-0.2, 0) is 0 Å². The molecule has 0 fully saturated rings. The Morgan fingerprint density at radius 2 is 1.61 bits per heavy atom. The van der Waals surface area contributed by atoms with Crippen LogP contribution in [0.1, 0.15) is 26.3 Å². The summed E-state index contributed by atoms with van der Waals surface area (Å²) in [6, 6.07) is 20.0. The SMILES string of the molecule is Cc1ccccc1N1C(=O)c2cccc3c(Nc4ccccc4Cl)c([N+](=O)[O-])cc(c23)C1=O. The largest absolute Gasteiger partial charge is 0.348 e. The number of aryl methyl sites for hydroxylation is 1. The number of imide groups is 1. The van der Waals surface area contributed by atoms with Gasteiger partial charge in [-0.3, -0.25) is 19.7 Å². The molecule has 0 saturated heterocycles. The number of halogens is 1. The molecule has 33 heavy (non-hydrogen) atoms. The molecule has 0 unspecified atom stereocenters. The molecule has 0 aliphatic carbocycles. The molecule has 5 rings (SSSR count). The number of nitro benzene ring substituents is 1. The first kappa shape index (κ1) is 20.7. The van der Waals surface area contributed by atoms with Gasteiger partial charge in [0.05, 0.1) is 26.9 Å². The molecule has 2 amide bonds. The van der Waals surface area contributed by atoms with Gasteiger partial charge in [0.15, 0.2) is 0 Å². The fourth-order valence-electron chi connectivity index (χ4n) is 4.16. The highest BCUT2D eigenvalue weighted by Gasteiger charge is 2.37. The van der Waals surface area contributed by atoms with Crippen molar-refractivity contribution in [1.29, 1.82) is 0 Å². The minimum atomic E-state index is -0.606. The summed E-state index contributed by atoms with van der Waals surface area (Å²) in [7, 11) is 0. The summed E-state index contributed by atoms with van der Waals surface area (Å²) in [6.07, 6.45) is 0. The second kappa shape index (κ2) is 7.72. The van der Waals surface area contributed by atoms with Gasteiger partial charge in [0, 0.05) is 22.4 Å². The van der Waals surface area contributed by atoms with Gasteiger partial charge < -0.3 is 5.32 Å². The molecule has 162 valence electrons. The van der Waals surface area contributed by atoms with Gasteiger partial charge in [0.2, 0.25) is 0 Å². The molecule has 1 aliphatic rings. The Kier molecular flexibility index (Phi) is 4.83. The molecule has 0 radical (unpaired) electrons. The van der Waals surface area contributed by atoms with Crippen molar-refractivity contribution < 1.29 is 14.5 Å². The van der Waals surface area contributed by atoms with Crippen molar-refractivity contribution in [2.24, 2.45) is 0 Å². The molecule has 7 nitrogen and oxygen atoms in total. The zero-order chi connectivity index (χ0) is 23.3. The Labute approximate surface area is 193 Å². The number of nitrogens with one attached hydrogen (secondary N) is 1. The average molecular weight is 458 g/mol. The molecular weight excluding hydrogens is 442 g/mol. The summed E-state index contributed by atoms with van der Waals surface area (Å²) < 4.78 is 0. The van der Waals surface area contributed by atoms with Crippen molar-refractivity contribution in [2.75, 3.05) is 10.2 Å². The van der Waals surface area contributed by atoms with E-state index in [1.807, 2.05) is 6.07 Å². The molecule has 1 N–H and O–H groups in total. The predicted molar refractivity (Wildman–Crippen MR) is 128 cm³/mol. The lowest BCUT2D eigenvalue weighted by atomic mass is 9.91. The van der Waals surface area contributed by atoms with E-state index >= 15 is 0 Å². The average Bonchev–Trinajstić information content (AvgIpc) is 2.80. The second-order valence-electron chi connectivity index (χ2n) is 7.64. The highest BCUT2D eigenvalue weighted by atomic mass is 35.5. The lowest BCUT2D eigenvalue weighted by Gasteiger charge is -2.28. The van der Waals surface area contributed by atoms with E-state index < -0.39 is 16.7 Å². The summed E-state index contributed by atoms with van der Waals surface area (Å²) in [5.74, 6) is -1.09. The number of hydrogen-bond acceptors (Lipinski definition) is 5. The quantitative estimate of drug-likeness (QED) is 0.222. The minimum Gasteiger partial charge on any atom is -0.348 e. The maximum absolute atomic E-state index is 13.5. The first-order valence-corrected chi connectivity index (χ1v) is 10.5. The topological polar surface area (TPSA) is 92.6 Å². The monoisotopic (exact) mass is 457 g/mol. The Morgan fingerprint density at radius 1 is 0.909 bits per heavy atom. The summed E-state index contributed by atoms with van der Waals surface area (Å²) in [5.41, 5.74) is 1.92. The molecular formula is C25H16ClN3O4. The maximum atomic E-state index is 13.5. The Morgan fingerprint density at radius 3 is 2.33 bits per heavy atom. The van der Waals surface area contributed by atoms with E-state index in [9.17, 15) is 19.7 Å². The standard InChI is InChI=1S/C25H16ClN3O4/c1-14-7-2-5-12-20(14)28-24(30)16-9-6-8-15-22(16)17(25(28)31)13-21(29(32)33)23(15)27-19-11-4-3-10-18(19)26/h2-13,27H,1H3. The summed E-state index contributed by atoms with van der Waals surface area (Å²) in [4.78, 5) is 39.5. The van der Waals surface area contributed by atoms with Crippen LogP contribution in [0.15, 0.2) is 72.8 Å². The van der Waals surface area contributed by atoms with Crippen LogP contribution in [0.4, 0.5) is 22.7 Å². The Hall–Kier alpha value is -4.23. The number of rotatable bonds is 4. The van der Waals surface area contributed by atoms with Gasteiger partial charge in [-0.25, -0.2) is 4.90 Å². The Balaban J connectivity index is 1.79. The van der Waals surface area contributed by atoms with Crippen LogP contribution < -0.4 is 10.2 Å². The summed E-state index contributed by atoms with van der Waals surface area (Å²) in [5, 5.41) is 16.2. The fourth-order valence-corrected chi connectivity index (χ4v) is 4.34. The van der Waals surface area contributed by atoms with Gasteiger partial charge in [0.25, 0.3) is 17.5 Å². The van der Waals surface area contributed by atoms with Gasteiger partial charge in [-0.15, -0.1) is 0 Å². The van der Waals surface area contributed by atoms with E-state index in [1.165, 1.54) is 6.07 Å².